The Kier molecular flexibility index (Phi) is 6.26. The van der Waals surface area contributed by atoms with Crippen LogP contribution in [0, 0.1) is 0 Å². The lowest BCUT2D eigenvalue weighted by molar-refractivity contribution is 0.378. The van der Waals surface area contributed by atoms with E-state index in [1.54, 1.807) is 6.92 Å². The van der Waals surface area contributed by atoms with Gasteiger partial charge in [0.25, 0.3) is 0 Å². The molecule has 0 fully saturated rings. The van der Waals surface area contributed by atoms with Gasteiger partial charge in [0.2, 0.25) is 0 Å². The Balaban J connectivity index is 2.00. The van der Waals surface area contributed by atoms with Gasteiger partial charge in [-0.05, 0) is 55.7 Å². The maximum absolute atomic E-state index is 11.7. The van der Waals surface area contributed by atoms with Crippen LogP contribution >= 0.6 is 11.3 Å². The summed E-state index contributed by atoms with van der Waals surface area (Å²) in [6, 6.07) is 2.69. The first-order chi connectivity index (χ1) is 10.1. The van der Waals surface area contributed by atoms with Crippen molar-refractivity contribution >= 4 is 21.2 Å². The van der Waals surface area contributed by atoms with Crippen LogP contribution in [0.1, 0.15) is 55.9 Å². The van der Waals surface area contributed by atoms with Gasteiger partial charge in [0.15, 0.2) is 0 Å². The molecular weight excluding hydrogens is 302 g/mol. The van der Waals surface area contributed by atoms with Gasteiger partial charge in [-0.15, -0.1) is 11.3 Å². The van der Waals surface area contributed by atoms with Crippen molar-refractivity contribution < 1.29 is 8.42 Å². The summed E-state index contributed by atoms with van der Waals surface area (Å²) in [6.07, 6.45) is 5.42. The number of fused-ring (bicyclic) bond motifs is 1. The average molecular weight is 330 g/mol. The molecule has 1 aromatic rings. The lowest BCUT2D eigenvalue weighted by Gasteiger charge is -2.31. The first kappa shape index (κ1) is 17.0. The summed E-state index contributed by atoms with van der Waals surface area (Å²) in [5, 5.41) is 5.80. The molecule has 1 aliphatic rings. The Morgan fingerprint density at radius 3 is 2.95 bits per heavy atom. The molecule has 0 bridgehead atoms. The minimum absolute atomic E-state index is 0.261. The van der Waals surface area contributed by atoms with Crippen molar-refractivity contribution in [3.8, 4) is 0 Å². The van der Waals surface area contributed by atoms with E-state index in [2.05, 4.69) is 23.7 Å². The zero-order valence-corrected chi connectivity index (χ0v) is 14.7. The van der Waals surface area contributed by atoms with Crippen molar-refractivity contribution in [2.24, 2.45) is 0 Å². The zero-order chi connectivity index (χ0) is 15.3. The fourth-order valence-corrected chi connectivity index (χ4v) is 5.21. The number of rotatable bonds is 8. The monoisotopic (exact) mass is 329 g/mol. The molecule has 2 atom stereocenters. The van der Waals surface area contributed by atoms with E-state index in [-0.39, 0.29) is 5.75 Å². The summed E-state index contributed by atoms with van der Waals surface area (Å²) < 4.78 is 23.3. The van der Waals surface area contributed by atoms with Crippen molar-refractivity contribution in [3.05, 3.63) is 21.9 Å². The largest absolute Gasteiger partial charge is 0.314 e. The molecular formula is C16H27NO2S2. The standard InChI is InChI=1S/C16H27NO2S2/c1-3-17-15(8-6-12-21(18,19)4-2)13-7-5-9-16-14(13)10-11-20-16/h10-11,13,15,17H,3-9,12H2,1-2H3. The number of hydrogen-bond acceptors (Lipinski definition) is 4. The molecule has 21 heavy (non-hydrogen) atoms. The number of likely N-dealkylation sites (N-methyl/N-ethyl adjacent to an activating group) is 1. The van der Waals surface area contributed by atoms with Crippen LogP contribution in [0.4, 0.5) is 0 Å². The highest BCUT2D eigenvalue weighted by Crippen LogP contribution is 2.38. The number of aryl methyl sites for hydroxylation is 1. The van der Waals surface area contributed by atoms with E-state index < -0.39 is 9.84 Å². The van der Waals surface area contributed by atoms with Gasteiger partial charge in [0.05, 0.1) is 5.75 Å². The summed E-state index contributed by atoms with van der Waals surface area (Å²) in [4.78, 5) is 1.54. The molecule has 1 heterocycles. The van der Waals surface area contributed by atoms with Crippen LogP contribution in [0.5, 0.6) is 0 Å². The smallest absolute Gasteiger partial charge is 0.150 e. The van der Waals surface area contributed by atoms with Gasteiger partial charge in [-0.25, -0.2) is 8.42 Å². The van der Waals surface area contributed by atoms with Crippen molar-refractivity contribution in [2.75, 3.05) is 18.1 Å². The van der Waals surface area contributed by atoms with Crippen LogP contribution in [-0.4, -0.2) is 32.5 Å². The molecule has 2 unspecified atom stereocenters. The Morgan fingerprint density at radius 1 is 1.43 bits per heavy atom. The lowest BCUT2D eigenvalue weighted by atomic mass is 9.81. The fourth-order valence-electron chi connectivity index (χ4n) is 3.32. The van der Waals surface area contributed by atoms with Crippen molar-refractivity contribution in [3.63, 3.8) is 0 Å². The SMILES string of the molecule is CCNC(CCCS(=O)(=O)CC)C1CCCc2sccc21. The quantitative estimate of drug-likeness (QED) is 0.795. The summed E-state index contributed by atoms with van der Waals surface area (Å²) in [5.41, 5.74) is 1.51. The molecule has 3 nitrogen and oxygen atoms in total. The highest BCUT2D eigenvalue weighted by Gasteiger charge is 2.28. The van der Waals surface area contributed by atoms with Crippen LogP contribution in [0.2, 0.25) is 0 Å². The molecule has 1 aliphatic carbocycles. The van der Waals surface area contributed by atoms with E-state index in [0.29, 0.717) is 17.7 Å². The summed E-state index contributed by atoms with van der Waals surface area (Å²) in [6.45, 7) is 4.81. The van der Waals surface area contributed by atoms with Gasteiger partial charge in [-0.3, -0.25) is 0 Å². The molecule has 1 N–H and O–H groups in total. The van der Waals surface area contributed by atoms with E-state index in [9.17, 15) is 8.42 Å². The maximum atomic E-state index is 11.7. The Bertz CT molecular complexity index is 536. The van der Waals surface area contributed by atoms with Crippen LogP contribution in [0.3, 0.4) is 0 Å². The molecule has 0 saturated heterocycles. The average Bonchev–Trinajstić information content (AvgIpc) is 2.94. The zero-order valence-electron chi connectivity index (χ0n) is 13.1. The van der Waals surface area contributed by atoms with E-state index in [1.807, 2.05) is 11.3 Å². The highest BCUT2D eigenvalue weighted by molar-refractivity contribution is 7.91. The fraction of sp³-hybridized carbons (Fsp3) is 0.750. The van der Waals surface area contributed by atoms with Crippen molar-refractivity contribution in [1.82, 2.24) is 5.32 Å². The second-order valence-electron chi connectivity index (χ2n) is 5.84. The van der Waals surface area contributed by atoms with Crippen LogP contribution in [0.25, 0.3) is 0 Å². The predicted octanol–water partition coefficient (Wildman–Crippen LogP) is 3.36. The highest BCUT2D eigenvalue weighted by atomic mass is 32.2. The summed E-state index contributed by atoms with van der Waals surface area (Å²) in [7, 11) is -2.84. The van der Waals surface area contributed by atoms with E-state index in [0.717, 1.165) is 19.4 Å². The van der Waals surface area contributed by atoms with Crippen LogP contribution in [-0.2, 0) is 16.3 Å². The Labute approximate surface area is 133 Å². The van der Waals surface area contributed by atoms with E-state index >= 15 is 0 Å². The first-order valence-electron chi connectivity index (χ1n) is 8.07. The lowest BCUT2D eigenvalue weighted by Crippen LogP contribution is -2.36. The molecule has 1 aromatic heterocycles. The Morgan fingerprint density at radius 2 is 2.24 bits per heavy atom. The molecule has 2 rings (SSSR count). The molecule has 120 valence electrons. The third-order valence-corrected chi connectivity index (χ3v) is 7.25. The predicted molar refractivity (Wildman–Crippen MR) is 91.0 cm³/mol. The topological polar surface area (TPSA) is 46.2 Å². The van der Waals surface area contributed by atoms with Gasteiger partial charge in [-0.2, -0.15) is 0 Å². The molecule has 0 radical (unpaired) electrons. The minimum Gasteiger partial charge on any atom is -0.314 e. The van der Waals surface area contributed by atoms with Gasteiger partial charge in [-0.1, -0.05) is 13.8 Å². The minimum atomic E-state index is -2.84. The van der Waals surface area contributed by atoms with Crippen molar-refractivity contribution in [1.29, 1.82) is 0 Å². The normalized spacial score (nSPS) is 20.2. The Hall–Kier alpha value is -0.390. The molecule has 0 spiro atoms. The summed E-state index contributed by atoms with van der Waals surface area (Å²) >= 11 is 1.87. The van der Waals surface area contributed by atoms with Crippen molar-refractivity contribution in [2.45, 2.75) is 57.9 Å². The molecule has 0 amide bonds. The third kappa shape index (κ3) is 4.54. The number of sulfone groups is 1. The maximum Gasteiger partial charge on any atom is 0.150 e. The molecule has 0 aliphatic heterocycles. The first-order valence-corrected chi connectivity index (χ1v) is 10.8. The second-order valence-corrected chi connectivity index (χ2v) is 9.31. The molecule has 0 saturated carbocycles. The van der Waals surface area contributed by atoms with Gasteiger partial charge in [0.1, 0.15) is 9.84 Å². The number of thiophene rings is 1. The molecule has 0 aromatic carbocycles. The third-order valence-electron chi connectivity index (χ3n) is 4.46. The second kappa shape index (κ2) is 7.75. The molecule has 5 heteroatoms. The number of hydrogen-bond donors (Lipinski definition) is 1. The van der Waals surface area contributed by atoms with E-state index in [1.165, 1.54) is 29.7 Å². The summed E-state index contributed by atoms with van der Waals surface area (Å²) in [5.74, 6) is 1.15. The number of nitrogens with one attached hydrogen (secondary N) is 1. The van der Waals surface area contributed by atoms with Crippen LogP contribution in [0.15, 0.2) is 11.4 Å². The van der Waals surface area contributed by atoms with Crippen LogP contribution < -0.4 is 5.32 Å². The van der Waals surface area contributed by atoms with Gasteiger partial charge < -0.3 is 5.32 Å². The van der Waals surface area contributed by atoms with Gasteiger partial charge in [0, 0.05) is 22.6 Å². The van der Waals surface area contributed by atoms with E-state index in [4.69, 9.17) is 0 Å². The van der Waals surface area contributed by atoms with Gasteiger partial charge >= 0.3 is 0 Å².